The average molecular weight is 417 g/mol. The Morgan fingerprint density at radius 3 is 2.55 bits per heavy atom. The molecule has 3 aromatic rings. The number of hydrogen-bond donors (Lipinski definition) is 2. The molecule has 29 heavy (non-hydrogen) atoms. The molecule has 4 rings (SSSR count). The van der Waals surface area contributed by atoms with E-state index in [-0.39, 0.29) is 6.04 Å². The lowest BCUT2D eigenvalue weighted by molar-refractivity contribution is -1.03. The molecular formula is C21H28N4O3S+2. The lowest BCUT2D eigenvalue weighted by Gasteiger charge is -2.32. The summed E-state index contributed by atoms with van der Waals surface area (Å²) in [6.07, 6.45) is 0. The van der Waals surface area contributed by atoms with E-state index >= 15 is 0 Å². The topological polar surface area (TPSA) is 66.3 Å². The predicted octanol–water partition coefficient (Wildman–Crippen LogP) is 0.860. The second-order valence-corrected chi connectivity index (χ2v) is 8.37. The highest BCUT2D eigenvalue weighted by atomic mass is 32.1. The van der Waals surface area contributed by atoms with Crippen LogP contribution in [0.4, 0.5) is 0 Å². The quantitative estimate of drug-likeness (QED) is 0.598. The minimum atomic E-state index is 0.207. The van der Waals surface area contributed by atoms with Crippen molar-refractivity contribution in [2.24, 2.45) is 0 Å². The molecular weight excluding hydrogens is 388 g/mol. The van der Waals surface area contributed by atoms with Gasteiger partial charge in [0.05, 0.1) is 19.1 Å². The van der Waals surface area contributed by atoms with Crippen molar-refractivity contribution in [3.63, 3.8) is 0 Å². The zero-order valence-electron chi connectivity index (χ0n) is 17.1. The zero-order chi connectivity index (χ0) is 20.2. The van der Waals surface area contributed by atoms with Crippen LogP contribution in [0.3, 0.4) is 0 Å². The molecule has 0 spiro atoms. The van der Waals surface area contributed by atoms with Crippen LogP contribution in [0, 0.1) is 0 Å². The molecule has 8 heteroatoms. The van der Waals surface area contributed by atoms with Crippen LogP contribution >= 0.6 is 11.3 Å². The number of benzene rings is 1. The monoisotopic (exact) mass is 416 g/mol. The fourth-order valence-electron chi connectivity index (χ4n) is 3.90. The molecule has 0 aliphatic carbocycles. The van der Waals surface area contributed by atoms with E-state index in [4.69, 9.17) is 13.9 Å². The van der Waals surface area contributed by atoms with E-state index in [1.165, 1.54) is 10.5 Å². The first-order chi connectivity index (χ1) is 14.2. The van der Waals surface area contributed by atoms with Gasteiger partial charge in [0.15, 0.2) is 17.5 Å². The molecule has 7 nitrogen and oxygen atoms in total. The van der Waals surface area contributed by atoms with E-state index in [1.807, 2.05) is 23.6 Å². The second kappa shape index (κ2) is 8.94. The molecule has 3 heterocycles. The summed E-state index contributed by atoms with van der Waals surface area (Å²) >= 11 is 1.62. The predicted molar refractivity (Wildman–Crippen MR) is 111 cm³/mol. The van der Waals surface area contributed by atoms with Crippen LogP contribution in [0.25, 0.3) is 10.8 Å². The number of methoxy groups -OCH3 is 2. The average Bonchev–Trinajstić information content (AvgIpc) is 3.45. The zero-order valence-corrected chi connectivity index (χ0v) is 17.9. The summed E-state index contributed by atoms with van der Waals surface area (Å²) in [5, 5.41) is 10.6. The Labute approximate surface area is 174 Å². The van der Waals surface area contributed by atoms with Gasteiger partial charge in [-0.1, -0.05) is 6.07 Å². The molecule has 0 amide bonds. The number of quaternary nitrogens is 2. The Morgan fingerprint density at radius 1 is 1.07 bits per heavy atom. The Morgan fingerprint density at radius 2 is 1.86 bits per heavy atom. The lowest BCUT2D eigenvalue weighted by Crippen LogP contribution is -3.27. The summed E-state index contributed by atoms with van der Waals surface area (Å²) in [7, 11) is 3.35. The van der Waals surface area contributed by atoms with Gasteiger partial charge in [0, 0.05) is 5.56 Å². The summed E-state index contributed by atoms with van der Waals surface area (Å²) in [6, 6.07) is 10.4. The normalized spacial score (nSPS) is 20.4. The van der Waals surface area contributed by atoms with E-state index in [0.29, 0.717) is 5.89 Å². The third kappa shape index (κ3) is 4.44. The standard InChI is InChI=1S/C21H26N4O3S/c1-15(20-22-23-21(28-20)19-5-4-12-29-19)25-10-8-24(9-11-25)14-16-6-7-17(26-2)18(13-16)27-3/h4-7,12-13,15H,8-11,14H2,1-3H3/p+2/t15-/m0/s1. The number of nitrogens with zero attached hydrogens (tertiary/aromatic N) is 2. The van der Waals surface area contributed by atoms with Crippen molar-refractivity contribution in [3.05, 3.63) is 47.2 Å². The summed E-state index contributed by atoms with van der Waals surface area (Å²) in [5.74, 6) is 2.92. The SMILES string of the molecule is COc1ccc(C[NH+]2CC[NH+]([C@@H](C)c3nnc(-c4cccs4)o3)CC2)cc1OC. The second-order valence-electron chi connectivity index (χ2n) is 7.42. The molecule has 0 saturated carbocycles. The van der Waals surface area contributed by atoms with Gasteiger partial charge in [-0.3, -0.25) is 0 Å². The molecule has 0 radical (unpaired) electrons. The summed E-state index contributed by atoms with van der Waals surface area (Å²) in [6.45, 7) is 7.56. The largest absolute Gasteiger partial charge is 0.493 e. The molecule has 1 aromatic carbocycles. The van der Waals surface area contributed by atoms with Crippen LogP contribution in [0.5, 0.6) is 11.5 Å². The molecule has 2 N–H and O–H groups in total. The third-order valence-electron chi connectivity index (χ3n) is 5.66. The lowest BCUT2D eigenvalue weighted by atomic mass is 10.1. The Bertz CT molecular complexity index is 920. The van der Waals surface area contributed by atoms with Gasteiger partial charge in [0.1, 0.15) is 32.7 Å². The van der Waals surface area contributed by atoms with E-state index in [1.54, 1.807) is 30.5 Å². The highest BCUT2D eigenvalue weighted by Crippen LogP contribution is 2.27. The first-order valence-electron chi connectivity index (χ1n) is 9.94. The first kappa shape index (κ1) is 19.9. The van der Waals surface area contributed by atoms with Crippen molar-refractivity contribution >= 4 is 11.3 Å². The molecule has 1 atom stereocenters. The van der Waals surface area contributed by atoms with Crippen molar-refractivity contribution in [1.29, 1.82) is 0 Å². The van der Waals surface area contributed by atoms with Gasteiger partial charge < -0.3 is 23.7 Å². The third-order valence-corrected chi connectivity index (χ3v) is 6.51. The number of nitrogens with one attached hydrogen (secondary N) is 2. The van der Waals surface area contributed by atoms with Crippen molar-refractivity contribution in [2.75, 3.05) is 40.4 Å². The molecule has 0 bridgehead atoms. The molecule has 0 unspecified atom stereocenters. The van der Waals surface area contributed by atoms with Crippen LogP contribution in [0.1, 0.15) is 24.4 Å². The van der Waals surface area contributed by atoms with Crippen LogP contribution in [0.2, 0.25) is 0 Å². The van der Waals surface area contributed by atoms with Crippen LogP contribution < -0.4 is 19.3 Å². The molecule has 1 fully saturated rings. The van der Waals surface area contributed by atoms with Gasteiger partial charge in [-0.25, -0.2) is 0 Å². The minimum Gasteiger partial charge on any atom is -0.493 e. The summed E-state index contributed by atoms with van der Waals surface area (Å²) in [5.41, 5.74) is 1.27. The van der Waals surface area contributed by atoms with Crippen LogP contribution in [-0.4, -0.2) is 50.6 Å². The molecule has 2 aromatic heterocycles. The molecule has 1 aliphatic heterocycles. The van der Waals surface area contributed by atoms with Crippen LogP contribution in [0.15, 0.2) is 40.1 Å². The van der Waals surface area contributed by atoms with Crippen molar-refractivity contribution in [1.82, 2.24) is 10.2 Å². The van der Waals surface area contributed by atoms with Gasteiger partial charge in [0.2, 0.25) is 0 Å². The fraction of sp³-hybridized carbons (Fsp3) is 0.429. The smallest absolute Gasteiger partial charge is 0.274 e. The van der Waals surface area contributed by atoms with Crippen LogP contribution in [-0.2, 0) is 6.54 Å². The maximum Gasteiger partial charge on any atom is 0.274 e. The van der Waals surface area contributed by atoms with Crippen molar-refractivity contribution in [2.45, 2.75) is 19.5 Å². The number of rotatable bonds is 7. The van der Waals surface area contributed by atoms with E-state index in [9.17, 15) is 0 Å². The van der Waals surface area contributed by atoms with Gasteiger partial charge in [0.25, 0.3) is 11.8 Å². The Hall–Kier alpha value is -2.42. The van der Waals surface area contributed by atoms with Crippen molar-refractivity contribution < 1.29 is 23.7 Å². The van der Waals surface area contributed by atoms with Gasteiger partial charge in [-0.05, 0) is 36.6 Å². The fourth-order valence-corrected chi connectivity index (χ4v) is 4.54. The maximum atomic E-state index is 5.95. The van der Waals surface area contributed by atoms with E-state index < -0.39 is 0 Å². The number of piperazine rings is 1. The number of ether oxygens (including phenoxy) is 2. The highest BCUT2D eigenvalue weighted by molar-refractivity contribution is 7.13. The van der Waals surface area contributed by atoms with Crippen molar-refractivity contribution in [3.8, 4) is 22.3 Å². The maximum absolute atomic E-state index is 5.95. The Kier molecular flexibility index (Phi) is 6.13. The number of hydrogen-bond acceptors (Lipinski definition) is 6. The summed E-state index contributed by atoms with van der Waals surface area (Å²) < 4.78 is 16.7. The minimum absolute atomic E-state index is 0.207. The Balaban J connectivity index is 1.33. The first-order valence-corrected chi connectivity index (χ1v) is 10.8. The number of aromatic nitrogens is 2. The molecule has 154 valence electrons. The van der Waals surface area contributed by atoms with Gasteiger partial charge in [-0.2, -0.15) is 0 Å². The highest BCUT2D eigenvalue weighted by Gasteiger charge is 2.31. The molecule has 1 saturated heterocycles. The molecule has 1 aliphatic rings. The number of thiophene rings is 1. The van der Waals surface area contributed by atoms with E-state index in [0.717, 1.165) is 55.0 Å². The summed E-state index contributed by atoms with van der Waals surface area (Å²) in [4.78, 5) is 4.11. The van der Waals surface area contributed by atoms with Gasteiger partial charge >= 0.3 is 0 Å². The van der Waals surface area contributed by atoms with E-state index in [2.05, 4.69) is 29.3 Å². The van der Waals surface area contributed by atoms with Gasteiger partial charge in [-0.15, -0.1) is 21.5 Å².